The molecule has 0 aliphatic carbocycles. The third-order valence-electron chi connectivity index (χ3n) is 4.93. The molecule has 1 fully saturated rings. The van der Waals surface area contributed by atoms with E-state index < -0.39 is 0 Å². The number of methoxy groups -OCH3 is 1. The zero-order valence-electron chi connectivity index (χ0n) is 16.1. The molecule has 1 heterocycles. The third-order valence-corrected chi connectivity index (χ3v) is 4.93. The number of hydrogen-bond acceptors (Lipinski definition) is 4. The predicted octanol–water partition coefficient (Wildman–Crippen LogP) is 3.94. The van der Waals surface area contributed by atoms with Crippen LogP contribution in [-0.4, -0.2) is 37.6 Å². The fourth-order valence-electron chi connectivity index (χ4n) is 3.43. The minimum Gasteiger partial charge on any atom is -0.497 e. The molecule has 5 heteroatoms. The molecule has 0 aromatic heterocycles. The number of nitrogens with zero attached hydrogens (tertiary/aromatic N) is 1. The quantitative estimate of drug-likeness (QED) is 0.804. The van der Waals surface area contributed by atoms with Gasteiger partial charge in [-0.05, 0) is 74.8 Å². The summed E-state index contributed by atoms with van der Waals surface area (Å²) in [5, 5.41) is 3.02. The molecule has 1 N–H and O–H groups in total. The summed E-state index contributed by atoms with van der Waals surface area (Å²) in [5.41, 5.74) is 2.07. The van der Waals surface area contributed by atoms with Crippen LogP contribution in [0.1, 0.15) is 25.3 Å². The van der Waals surface area contributed by atoms with Gasteiger partial charge in [0.1, 0.15) is 11.5 Å². The van der Waals surface area contributed by atoms with Crippen molar-refractivity contribution in [3.63, 3.8) is 0 Å². The first kappa shape index (κ1) is 19.2. The van der Waals surface area contributed by atoms with Gasteiger partial charge in [0.15, 0.2) is 0 Å². The zero-order chi connectivity index (χ0) is 19.1. The van der Waals surface area contributed by atoms with Crippen LogP contribution in [0.5, 0.6) is 11.5 Å². The molecule has 5 nitrogen and oxygen atoms in total. The van der Waals surface area contributed by atoms with Crippen molar-refractivity contribution in [2.45, 2.75) is 26.3 Å². The second kappa shape index (κ2) is 9.42. The fourth-order valence-corrected chi connectivity index (χ4v) is 3.43. The summed E-state index contributed by atoms with van der Waals surface area (Å²) in [6.07, 6.45) is 1.76. The molecule has 0 unspecified atom stereocenters. The summed E-state index contributed by atoms with van der Waals surface area (Å²) in [4.78, 5) is 14.9. The maximum atomic E-state index is 12.5. The Labute approximate surface area is 161 Å². The largest absolute Gasteiger partial charge is 0.497 e. The van der Waals surface area contributed by atoms with E-state index in [9.17, 15) is 4.79 Å². The summed E-state index contributed by atoms with van der Waals surface area (Å²) < 4.78 is 10.7. The van der Waals surface area contributed by atoms with Gasteiger partial charge in [-0.3, -0.25) is 9.69 Å². The van der Waals surface area contributed by atoms with Crippen molar-refractivity contribution >= 4 is 11.6 Å². The summed E-state index contributed by atoms with van der Waals surface area (Å²) in [7, 11) is 1.63. The van der Waals surface area contributed by atoms with Crippen molar-refractivity contribution in [2.24, 2.45) is 5.92 Å². The van der Waals surface area contributed by atoms with E-state index in [4.69, 9.17) is 9.47 Å². The number of rotatable bonds is 7. The van der Waals surface area contributed by atoms with Crippen LogP contribution in [0.2, 0.25) is 0 Å². The van der Waals surface area contributed by atoms with Crippen molar-refractivity contribution in [1.29, 1.82) is 0 Å². The smallest absolute Gasteiger partial charge is 0.227 e. The first-order chi connectivity index (χ1) is 13.2. The van der Waals surface area contributed by atoms with Crippen molar-refractivity contribution in [3.8, 4) is 11.5 Å². The van der Waals surface area contributed by atoms with Crippen LogP contribution >= 0.6 is 0 Å². The van der Waals surface area contributed by atoms with E-state index in [1.165, 1.54) is 5.56 Å². The number of amides is 1. The van der Waals surface area contributed by atoms with Crippen LogP contribution in [0.3, 0.4) is 0 Å². The first-order valence-electron chi connectivity index (χ1n) is 9.57. The number of carbonyl (C=O) groups excluding carboxylic acids is 1. The monoisotopic (exact) mass is 368 g/mol. The number of hydrogen-bond donors (Lipinski definition) is 1. The van der Waals surface area contributed by atoms with Crippen molar-refractivity contribution in [3.05, 3.63) is 54.1 Å². The normalized spacial score (nSPS) is 15.3. The van der Waals surface area contributed by atoms with Crippen molar-refractivity contribution in [1.82, 2.24) is 4.90 Å². The SMILES string of the molecule is CCOc1cccc(CN2CCC(C(=O)Nc3ccc(OC)cc3)CC2)c1. The molecule has 1 aliphatic heterocycles. The molecule has 0 saturated carbocycles. The highest BCUT2D eigenvalue weighted by atomic mass is 16.5. The predicted molar refractivity (Wildman–Crippen MR) is 107 cm³/mol. The minimum atomic E-state index is 0.0677. The van der Waals surface area contributed by atoms with Gasteiger partial charge in [-0.2, -0.15) is 0 Å². The number of ether oxygens (including phenoxy) is 2. The van der Waals surface area contributed by atoms with Gasteiger partial charge in [0.25, 0.3) is 0 Å². The molecule has 27 heavy (non-hydrogen) atoms. The highest BCUT2D eigenvalue weighted by Gasteiger charge is 2.25. The Hall–Kier alpha value is -2.53. The lowest BCUT2D eigenvalue weighted by Gasteiger charge is -2.31. The average Bonchev–Trinajstić information content (AvgIpc) is 2.70. The van der Waals surface area contributed by atoms with E-state index in [0.29, 0.717) is 6.61 Å². The van der Waals surface area contributed by atoms with E-state index in [0.717, 1.165) is 49.7 Å². The van der Waals surface area contributed by atoms with Crippen LogP contribution in [0.25, 0.3) is 0 Å². The summed E-state index contributed by atoms with van der Waals surface area (Å²) in [6, 6.07) is 15.7. The van der Waals surface area contributed by atoms with E-state index >= 15 is 0 Å². The molecule has 0 atom stereocenters. The lowest BCUT2D eigenvalue weighted by atomic mass is 9.95. The second-order valence-electron chi connectivity index (χ2n) is 6.85. The number of anilines is 1. The van der Waals surface area contributed by atoms with Crippen LogP contribution in [-0.2, 0) is 11.3 Å². The Morgan fingerprint density at radius 1 is 1.11 bits per heavy atom. The molecular formula is C22H28N2O3. The number of piperidine rings is 1. The van der Waals surface area contributed by atoms with Gasteiger partial charge in [0.05, 0.1) is 13.7 Å². The first-order valence-corrected chi connectivity index (χ1v) is 9.57. The molecule has 1 saturated heterocycles. The topological polar surface area (TPSA) is 50.8 Å². The fraction of sp³-hybridized carbons (Fsp3) is 0.409. The van der Waals surface area contributed by atoms with E-state index in [1.807, 2.05) is 43.3 Å². The van der Waals surface area contributed by atoms with E-state index in [2.05, 4.69) is 22.3 Å². The number of benzene rings is 2. The van der Waals surface area contributed by atoms with Gasteiger partial charge in [0.2, 0.25) is 5.91 Å². The van der Waals surface area contributed by atoms with Gasteiger partial charge in [0, 0.05) is 18.2 Å². The molecular weight excluding hydrogens is 340 g/mol. The molecule has 0 radical (unpaired) electrons. The third kappa shape index (κ3) is 5.47. The molecule has 2 aromatic rings. The number of likely N-dealkylation sites (tertiary alicyclic amines) is 1. The van der Waals surface area contributed by atoms with Crippen LogP contribution in [0, 0.1) is 5.92 Å². The van der Waals surface area contributed by atoms with Crippen LogP contribution < -0.4 is 14.8 Å². The minimum absolute atomic E-state index is 0.0677. The Morgan fingerprint density at radius 3 is 2.52 bits per heavy atom. The Morgan fingerprint density at radius 2 is 1.85 bits per heavy atom. The standard InChI is InChI=1S/C22H28N2O3/c1-3-27-21-6-4-5-17(15-21)16-24-13-11-18(12-14-24)22(25)23-19-7-9-20(26-2)10-8-19/h4-10,15,18H,3,11-14,16H2,1-2H3,(H,23,25). The molecule has 1 amide bonds. The molecule has 2 aromatic carbocycles. The maximum Gasteiger partial charge on any atom is 0.227 e. The summed E-state index contributed by atoms with van der Waals surface area (Å²) in [5.74, 6) is 1.88. The second-order valence-corrected chi connectivity index (χ2v) is 6.85. The Bertz CT molecular complexity index is 737. The highest BCUT2D eigenvalue weighted by Crippen LogP contribution is 2.23. The van der Waals surface area contributed by atoms with Crippen LogP contribution in [0.4, 0.5) is 5.69 Å². The van der Waals surface area contributed by atoms with Gasteiger partial charge < -0.3 is 14.8 Å². The van der Waals surface area contributed by atoms with Gasteiger partial charge in [-0.1, -0.05) is 12.1 Å². The van der Waals surface area contributed by atoms with Crippen molar-refractivity contribution in [2.75, 3.05) is 32.1 Å². The molecule has 0 bridgehead atoms. The van der Waals surface area contributed by atoms with Gasteiger partial charge in [-0.15, -0.1) is 0 Å². The molecule has 144 valence electrons. The van der Waals surface area contributed by atoms with Gasteiger partial charge in [-0.25, -0.2) is 0 Å². The highest BCUT2D eigenvalue weighted by molar-refractivity contribution is 5.92. The Balaban J connectivity index is 1.47. The van der Waals surface area contributed by atoms with E-state index in [1.54, 1.807) is 7.11 Å². The number of nitrogens with one attached hydrogen (secondary N) is 1. The molecule has 3 rings (SSSR count). The Kier molecular flexibility index (Phi) is 6.71. The molecule has 1 aliphatic rings. The number of carbonyl (C=O) groups is 1. The summed E-state index contributed by atoms with van der Waals surface area (Å²) >= 11 is 0. The van der Waals surface area contributed by atoms with E-state index in [-0.39, 0.29) is 11.8 Å². The maximum absolute atomic E-state index is 12.5. The zero-order valence-corrected chi connectivity index (χ0v) is 16.1. The average molecular weight is 368 g/mol. The lowest BCUT2D eigenvalue weighted by Crippen LogP contribution is -2.37. The molecule has 0 spiro atoms. The van der Waals surface area contributed by atoms with Crippen LogP contribution in [0.15, 0.2) is 48.5 Å². The van der Waals surface area contributed by atoms with Crippen molar-refractivity contribution < 1.29 is 14.3 Å². The summed E-state index contributed by atoms with van der Waals surface area (Å²) in [6.45, 7) is 5.43. The lowest BCUT2D eigenvalue weighted by molar-refractivity contribution is -0.121. The van der Waals surface area contributed by atoms with Gasteiger partial charge >= 0.3 is 0 Å².